The van der Waals surface area contributed by atoms with E-state index in [0.717, 1.165) is 18.5 Å². The van der Waals surface area contributed by atoms with Crippen molar-refractivity contribution in [2.45, 2.75) is 24.0 Å². The molecule has 104 valence electrons. The predicted molar refractivity (Wildman–Crippen MR) is 76.5 cm³/mol. The molecule has 1 aromatic rings. The van der Waals surface area contributed by atoms with Gasteiger partial charge in [0.2, 0.25) is 5.91 Å². The number of rotatable bonds is 5. The molecule has 1 fully saturated rings. The summed E-state index contributed by atoms with van der Waals surface area (Å²) in [6, 6.07) is 6.45. The van der Waals surface area contributed by atoms with Crippen molar-refractivity contribution in [3.8, 4) is 0 Å². The van der Waals surface area contributed by atoms with Gasteiger partial charge in [0, 0.05) is 13.1 Å². The molecule has 2 atom stereocenters. The highest BCUT2D eigenvalue weighted by molar-refractivity contribution is 8.01. The normalized spacial score (nSPS) is 23.1. The van der Waals surface area contributed by atoms with Crippen molar-refractivity contribution in [2.24, 2.45) is 0 Å². The molecule has 3 nitrogen and oxygen atoms in total. The molecule has 0 saturated carbocycles. The van der Waals surface area contributed by atoms with Crippen LogP contribution in [0.4, 0.5) is 4.39 Å². The van der Waals surface area contributed by atoms with Gasteiger partial charge < -0.3 is 10.2 Å². The third-order valence-electron chi connectivity index (χ3n) is 3.26. The first-order chi connectivity index (χ1) is 9.17. The minimum atomic E-state index is -0.244. The summed E-state index contributed by atoms with van der Waals surface area (Å²) >= 11 is 1.66. The lowest BCUT2D eigenvalue weighted by Crippen LogP contribution is -2.35. The summed E-state index contributed by atoms with van der Waals surface area (Å²) in [4.78, 5) is 14.2. The summed E-state index contributed by atoms with van der Waals surface area (Å²) in [6.07, 6.45) is 0.831. The van der Waals surface area contributed by atoms with Gasteiger partial charge in [-0.2, -0.15) is 0 Å². The Morgan fingerprint density at radius 1 is 1.37 bits per heavy atom. The highest BCUT2D eigenvalue weighted by atomic mass is 32.2. The van der Waals surface area contributed by atoms with Gasteiger partial charge in [0.1, 0.15) is 11.2 Å². The number of halogens is 1. The Bertz CT molecular complexity index is 438. The number of nitrogens with one attached hydrogen (secondary N) is 1. The average molecular weight is 282 g/mol. The first kappa shape index (κ1) is 14.3. The molecule has 1 aromatic carbocycles. The van der Waals surface area contributed by atoms with Crippen LogP contribution in [-0.4, -0.2) is 36.2 Å². The Labute approximate surface area is 117 Å². The zero-order valence-electron chi connectivity index (χ0n) is 11.2. The summed E-state index contributed by atoms with van der Waals surface area (Å²) in [6.45, 7) is 3.47. The van der Waals surface area contributed by atoms with Crippen LogP contribution in [0, 0.1) is 5.82 Å². The highest BCUT2D eigenvalue weighted by Gasteiger charge is 2.39. The molecule has 1 aliphatic rings. The third kappa shape index (κ3) is 3.09. The van der Waals surface area contributed by atoms with Gasteiger partial charge in [0.25, 0.3) is 0 Å². The van der Waals surface area contributed by atoms with Crippen LogP contribution in [0.3, 0.4) is 0 Å². The molecule has 1 saturated heterocycles. The van der Waals surface area contributed by atoms with Crippen LogP contribution in [0.15, 0.2) is 24.3 Å². The molecule has 1 heterocycles. The van der Waals surface area contributed by atoms with Crippen LogP contribution in [0.25, 0.3) is 0 Å². The van der Waals surface area contributed by atoms with E-state index in [1.54, 1.807) is 23.9 Å². The van der Waals surface area contributed by atoms with Gasteiger partial charge in [-0.15, -0.1) is 11.8 Å². The maximum absolute atomic E-state index is 13.0. The minimum absolute atomic E-state index is 0.00593. The van der Waals surface area contributed by atoms with Crippen LogP contribution in [0.5, 0.6) is 0 Å². The number of nitrogens with zero attached hydrogens (tertiary/aromatic N) is 1. The summed E-state index contributed by atoms with van der Waals surface area (Å²) in [5.74, 6) is -0.0519. The Morgan fingerprint density at radius 3 is 2.63 bits per heavy atom. The van der Waals surface area contributed by atoms with E-state index in [1.807, 2.05) is 18.9 Å². The number of carbonyl (C=O) groups excluding carboxylic acids is 1. The average Bonchev–Trinajstić information content (AvgIpc) is 2.74. The van der Waals surface area contributed by atoms with Gasteiger partial charge in [-0.1, -0.05) is 19.1 Å². The van der Waals surface area contributed by atoms with Gasteiger partial charge in [-0.05, 0) is 31.2 Å². The number of benzene rings is 1. The van der Waals surface area contributed by atoms with Gasteiger partial charge in [-0.25, -0.2) is 4.39 Å². The molecule has 2 unspecified atom stereocenters. The maximum atomic E-state index is 13.0. The molecule has 1 aliphatic heterocycles. The van der Waals surface area contributed by atoms with E-state index < -0.39 is 0 Å². The summed E-state index contributed by atoms with van der Waals surface area (Å²) < 4.78 is 13.0. The maximum Gasteiger partial charge on any atom is 0.236 e. The zero-order chi connectivity index (χ0) is 13.8. The van der Waals surface area contributed by atoms with Crippen LogP contribution < -0.4 is 5.32 Å². The minimum Gasteiger partial charge on any atom is -0.324 e. The molecule has 2 rings (SSSR count). The number of thioether (sulfide) groups is 1. The second kappa shape index (κ2) is 6.39. The van der Waals surface area contributed by atoms with E-state index in [9.17, 15) is 9.18 Å². The van der Waals surface area contributed by atoms with Crippen LogP contribution in [0.2, 0.25) is 0 Å². The number of carbonyl (C=O) groups is 1. The van der Waals surface area contributed by atoms with Crippen molar-refractivity contribution in [1.29, 1.82) is 0 Å². The molecular weight excluding hydrogens is 263 g/mol. The van der Waals surface area contributed by atoms with Gasteiger partial charge in [0.15, 0.2) is 0 Å². The molecule has 0 aliphatic carbocycles. The second-order valence-electron chi connectivity index (χ2n) is 4.57. The summed E-state index contributed by atoms with van der Waals surface area (Å²) in [5, 5.41) is 3.09. The van der Waals surface area contributed by atoms with Crippen LogP contribution >= 0.6 is 11.8 Å². The lowest BCUT2D eigenvalue weighted by atomic mass is 10.2. The Kier molecular flexibility index (Phi) is 4.82. The molecule has 0 radical (unpaired) electrons. The van der Waals surface area contributed by atoms with E-state index in [0.29, 0.717) is 6.54 Å². The van der Waals surface area contributed by atoms with Gasteiger partial charge >= 0.3 is 0 Å². The Hall–Kier alpha value is -1.07. The Balaban J connectivity index is 2.20. The van der Waals surface area contributed by atoms with Crippen molar-refractivity contribution in [1.82, 2.24) is 10.2 Å². The predicted octanol–water partition coefficient (Wildman–Crippen LogP) is 2.40. The largest absolute Gasteiger partial charge is 0.324 e. The number of amides is 1. The molecule has 1 N–H and O–H groups in total. The zero-order valence-corrected chi connectivity index (χ0v) is 12.0. The fourth-order valence-electron chi connectivity index (χ4n) is 2.20. The fraction of sp³-hybridized carbons (Fsp3) is 0.500. The lowest BCUT2D eigenvalue weighted by Gasteiger charge is -2.24. The van der Waals surface area contributed by atoms with Crippen LogP contribution in [-0.2, 0) is 4.79 Å². The first-order valence-corrected chi connectivity index (χ1v) is 7.47. The van der Waals surface area contributed by atoms with E-state index in [1.165, 1.54) is 12.1 Å². The van der Waals surface area contributed by atoms with E-state index in [2.05, 4.69) is 5.32 Å². The smallest absolute Gasteiger partial charge is 0.236 e. The number of hydrogen-bond donors (Lipinski definition) is 1. The monoisotopic (exact) mass is 282 g/mol. The first-order valence-electron chi connectivity index (χ1n) is 6.53. The molecule has 1 amide bonds. The van der Waals surface area contributed by atoms with E-state index in [-0.39, 0.29) is 22.3 Å². The number of hydrogen-bond acceptors (Lipinski definition) is 3. The standard InChI is InChI=1S/C14H19FN2OS/c1-3-12-13(18)17(9-8-16-2)14(19-12)10-4-6-11(15)7-5-10/h4-7,12,14,16H,3,8-9H2,1-2H3. The molecule has 0 aromatic heterocycles. The van der Waals surface area contributed by atoms with Crippen molar-refractivity contribution in [3.63, 3.8) is 0 Å². The van der Waals surface area contributed by atoms with E-state index >= 15 is 0 Å². The molecule has 5 heteroatoms. The lowest BCUT2D eigenvalue weighted by molar-refractivity contribution is -0.130. The molecule has 19 heavy (non-hydrogen) atoms. The van der Waals surface area contributed by atoms with Gasteiger partial charge in [-0.3, -0.25) is 4.79 Å². The van der Waals surface area contributed by atoms with Crippen molar-refractivity contribution < 1.29 is 9.18 Å². The Morgan fingerprint density at radius 2 is 2.05 bits per heavy atom. The van der Waals surface area contributed by atoms with Crippen molar-refractivity contribution >= 4 is 17.7 Å². The summed E-state index contributed by atoms with van der Waals surface area (Å²) in [5.41, 5.74) is 0.992. The topological polar surface area (TPSA) is 32.3 Å². The SMILES string of the molecule is CCC1SC(c2ccc(F)cc2)N(CCNC)C1=O. The molecule has 0 bridgehead atoms. The highest BCUT2D eigenvalue weighted by Crippen LogP contribution is 2.43. The third-order valence-corrected chi connectivity index (χ3v) is 4.91. The molecule has 0 spiro atoms. The number of likely N-dealkylation sites (N-methyl/N-ethyl adjacent to an activating group) is 1. The van der Waals surface area contributed by atoms with Crippen LogP contribution in [0.1, 0.15) is 24.3 Å². The molecular formula is C14H19FN2OS. The fourth-order valence-corrected chi connectivity index (χ4v) is 3.63. The van der Waals surface area contributed by atoms with Crippen molar-refractivity contribution in [3.05, 3.63) is 35.6 Å². The van der Waals surface area contributed by atoms with Gasteiger partial charge in [0.05, 0.1) is 5.25 Å². The summed E-state index contributed by atoms with van der Waals surface area (Å²) in [7, 11) is 1.87. The second-order valence-corrected chi connectivity index (χ2v) is 5.86. The van der Waals surface area contributed by atoms with Crippen molar-refractivity contribution in [2.75, 3.05) is 20.1 Å². The van der Waals surface area contributed by atoms with E-state index in [4.69, 9.17) is 0 Å². The quantitative estimate of drug-likeness (QED) is 0.900.